The molecule has 15 heavy (non-hydrogen) atoms. The number of aldehydes is 1. The average Bonchev–Trinajstić information content (AvgIpc) is 2.27. The van der Waals surface area contributed by atoms with Gasteiger partial charge < -0.3 is 10.1 Å². The Balaban J connectivity index is 2.49. The van der Waals surface area contributed by atoms with Crippen LogP contribution in [0, 0.1) is 0 Å². The first-order valence-corrected chi connectivity index (χ1v) is 4.77. The summed E-state index contributed by atoms with van der Waals surface area (Å²) in [6, 6.07) is 6.34. The molecular weight excluding hydrogens is 194 g/mol. The second-order valence-corrected chi connectivity index (χ2v) is 3.00. The maximum absolute atomic E-state index is 11.1. The molecule has 0 spiro atoms. The Morgan fingerprint density at radius 2 is 2.07 bits per heavy atom. The van der Waals surface area contributed by atoms with E-state index in [1.165, 1.54) is 0 Å². The van der Waals surface area contributed by atoms with Crippen LogP contribution >= 0.6 is 0 Å². The lowest BCUT2D eigenvalue weighted by Crippen LogP contribution is -2.27. The Bertz CT molecular complexity index is 332. The molecule has 0 atom stereocenters. The molecule has 0 saturated carbocycles. The van der Waals surface area contributed by atoms with Gasteiger partial charge in [-0.1, -0.05) is 6.92 Å². The smallest absolute Gasteiger partial charge is 0.410 e. The molecular formula is C11H13NO3. The van der Waals surface area contributed by atoms with Crippen molar-refractivity contribution >= 4 is 12.4 Å². The van der Waals surface area contributed by atoms with Gasteiger partial charge in [-0.3, -0.25) is 4.79 Å². The Morgan fingerprint density at radius 3 is 2.60 bits per heavy atom. The third-order valence-corrected chi connectivity index (χ3v) is 1.75. The normalized spacial score (nSPS) is 9.40. The number of benzene rings is 1. The average molecular weight is 207 g/mol. The lowest BCUT2D eigenvalue weighted by molar-refractivity contribution is 0.112. The highest BCUT2D eigenvalue weighted by atomic mass is 16.5. The number of carbonyl (C=O) groups is 2. The highest BCUT2D eigenvalue weighted by Gasteiger charge is 2.02. The quantitative estimate of drug-likeness (QED) is 0.768. The van der Waals surface area contributed by atoms with Crippen LogP contribution in [0.3, 0.4) is 0 Å². The second-order valence-electron chi connectivity index (χ2n) is 3.00. The SMILES string of the molecule is CCCNC(=O)Oc1ccc(C=O)cc1. The molecule has 1 aromatic rings. The van der Waals surface area contributed by atoms with Crippen molar-refractivity contribution in [3.8, 4) is 5.75 Å². The molecule has 4 heteroatoms. The van der Waals surface area contributed by atoms with Crippen molar-refractivity contribution in [3.63, 3.8) is 0 Å². The minimum absolute atomic E-state index is 0.425. The molecule has 0 heterocycles. The summed E-state index contributed by atoms with van der Waals surface area (Å²) in [6.07, 6.45) is 1.12. The van der Waals surface area contributed by atoms with Gasteiger partial charge in [0.25, 0.3) is 0 Å². The molecule has 1 amide bonds. The summed E-state index contributed by atoms with van der Waals surface area (Å²) in [5.41, 5.74) is 0.552. The predicted molar refractivity (Wildman–Crippen MR) is 56.1 cm³/mol. The zero-order valence-electron chi connectivity index (χ0n) is 8.53. The maximum atomic E-state index is 11.1. The van der Waals surface area contributed by atoms with E-state index in [1.54, 1.807) is 24.3 Å². The van der Waals surface area contributed by atoms with Gasteiger partial charge >= 0.3 is 6.09 Å². The van der Waals surface area contributed by atoms with E-state index < -0.39 is 6.09 Å². The molecule has 0 bridgehead atoms. The molecule has 1 rings (SSSR count). The molecule has 0 fully saturated rings. The highest BCUT2D eigenvalue weighted by molar-refractivity contribution is 5.75. The number of rotatable bonds is 4. The molecule has 0 aliphatic rings. The van der Waals surface area contributed by atoms with Crippen molar-refractivity contribution in [2.45, 2.75) is 13.3 Å². The Hall–Kier alpha value is -1.84. The topological polar surface area (TPSA) is 55.4 Å². The molecule has 0 aliphatic carbocycles. The fourth-order valence-corrected chi connectivity index (χ4v) is 0.985. The molecule has 0 unspecified atom stereocenters. The zero-order chi connectivity index (χ0) is 11.1. The van der Waals surface area contributed by atoms with Crippen molar-refractivity contribution in [2.75, 3.05) is 6.54 Å². The predicted octanol–water partition coefficient (Wildman–Crippen LogP) is 2.00. The third-order valence-electron chi connectivity index (χ3n) is 1.75. The van der Waals surface area contributed by atoms with Crippen molar-refractivity contribution in [1.29, 1.82) is 0 Å². The van der Waals surface area contributed by atoms with Gasteiger partial charge in [0.1, 0.15) is 12.0 Å². The van der Waals surface area contributed by atoms with Crippen LogP contribution in [0.1, 0.15) is 23.7 Å². The van der Waals surface area contributed by atoms with Crippen LogP contribution in [0.5, 0.6) is 5.75 Å². The Kier molecular flexibility index (Phi) is 4.34. The van der Waals surface area contributed by atoms with E-state index >= 15 is 0 Å². The van der Waals surface area contributed by atoms with Crippen molar-refractivity contribution in [1.82, 2.24) is 5.32 Å². The summed E-state index contributed by atoms with van der Waals surface area (Å²) in [4.78, 5) is 21.5. The van der Waals surface area contributed by atoms with Gasteiger partial charge in [-0.05, 0) is 30.7 Å². The first kappa shape index (κ1) is 11.2. The molecule has 4 nitrogen and oxygen atoms in total. The van der Waals surface area contributed by atoms with E-state index in [1.807, 2.05) is 6.92 Å². The van der Waals surface area contributed by atoms with Crippen molar-refractivity contribution < 1.29 is 14.3 Å². The molecule has 1 aromatic carbocycles. The molecule has 0 aliphatic heterocycles. The molecule has 0 radical (unpaired) electrons. The zero-order valence-corrected chi connectivity index (χ0v) is 8.53. The van der Waals surface area contributed by atoms with Gasteiger partial charge in [0.15, 0.2) is 0 Å². The molecule has 1 N–H and O–H groups in total. The summed E-state index contributed by atoms with van der Waals surface area (Å²) in [5.74, 6) is 0.425. The van der Waals surface area contributed by atoms with Crippen LogP contribution in [0.15, 0.2) is 24.3 Å². The summed E-state index contributed by atoms with van der Waals surface area (Å²) < 4.78 is 4.95. The second kappa shape index (κ2) is 5.80. The van der Waals surface area contributed by atoms with Crippen molar-refractivity contribution in [2.24, 2.45) is 0 Å². The van der Waals surface area contributed by atoms with Gasteiger partial charge in [0.05, 0.1) is 0 Å². The van der Waals surface area contributed by atoms with Gasteiger partial charge in [-0.25, -0.2) is 4.79 Å². The molecule has 0 aromatic heterocycles. The minimum Gasteiger partial charge on any atom is -0.410 e. The van der Waals surface area contributed by atoms with Crippen LogP contribution < -0.4 is 10.1 Å². The minimum atomic E-state index is -0.476. The third kappa shape index (κ3) is 3.81. The van der Waals surface area contributed by atoms with Crippen LogP contribution in [-0.4, -0.2) is 18.9 Å². The van der Waals surface area contributed by atoms with E-state index in [0.717, 1.165) is 12.7 Å². The van der Waals surface area contributed by atoms with Crippen LogP contribution in [0.4, 0.5) is 4.79 Å². The lowest BCUT2D eigenvalue weighted by Gasteiger charge is -2.04. The summed E-state index contributed by atoms with van der Waals surface area (Å²) in [6.45, 7) is 2.55. The number of nitrogens with one attached hydrogen (secondary N) is 1. The molecule has 80 valence electrons. The Labute approximate surface area is 88.2 Å². The summed E-state index contributed by atoms with van der Waals surface area (Å²) >= 11 is 0. The maximum Gasteiger partial charge on any atom is 0.412 e. The number of ether oxygens (including phenoxy) is 1. The van der Waals surface area contributed by atoms with Gasteiger partial charge in [-0.15, -0.1) is 0 Å². The van der Waals surface area contributed by atoms with Crippen LogP contribution in [0.2, 0.25) is 0 Å². The van der Waals surface area contributed by atoms with Gasteiger partial charge in [0.2, 0.25) is 0 Å². The number of hydrogen-bond acceptors (Lipinski definition) is 3. The number of amides is 1. The van der Waals surface area contributed by atoms with Crippen LogP contribution in [-0.2, 0) is 0 Å². The van der Waals surface area contributed by atoms with E-state index in [9.17, 15) is 9.59 Å². The van der Waals surface area contributed by atoms with E-state index in [-0.39, 0.29) is 0 Å². The van der Waals surface area contributed by atoms with Gasteiger partial charge in [-0.2, -0.15) is 0 Å². The number of hydrogen-bond donors (Lipinski definition) is 1. The number of carbonyl (C=O) groups excluding carboxylic acids is 2. The first-order chi connectivity index (χ1) is 7.26. The first-order valence-electron chi connectivity index (χ1n) is 4.77. The monoisotopic (exact) mass is 207 g/mol. The standard InChI is InChI=1S/C11H13NO3/c1-2-7-12-11(14)15-10-5-3-9(8-13)4-6-10/h3-6,8H,2,7H2,1H3,(H,12,14). The van der Waals surface area contributed by atoms with Gasteiger partial charge in [0, 0.05) is 12.1 Å². The van der Waals surface area contributed by atoms with Crippen LogP contribution in [0.25, 0.3) is 0 Å². The van der Waals surface area contributed by atoms with E-state index in [4.69, 9.17) is 4.74 Å². The molecule has 0 saturated heterocycles. The Morgan fingerprint density at radius 1 is 1.40 bits per heavy atom. The fourth-order valence-electron chi connectivity index (χ4n) is 0.985. The largest absolute Gasteiger partial charge is 0.412 e. The van der Waals surface area contributed by atoms with E-state index in [0.29, 0.717) is 17.9 Å². The highest BCUT2D eigenvalue weighted by Crippen LogP contribution is 2.10. The summed E-state index contributed by atoms with van der Waals surface area (Å²) in [7, 11) is 0. The van der Waals surface area contributed by atoms with E-state index in [2.05, 4.69) is 5.32 Å². The summed E-state index contributed by atoms with van der Waals surface area (Å²) in [5, 5.41) is 2.58. The van der Waals surface area contributed by atoms with Crippen molar-refractivity contribution in [3.05, 3.63) is 29.8 Å². The lowest BCUT2D eigenvalue weighted by atomic mass is 10.2. The fraction of sp³-hybridized carbons (Fsp3) is 0.273.